The Kier molecular flexibility index (Phi) is 5.24. The molecule has 8 nitrogen and oxygen atoms in total. The molecular weight excluding hydrogens is 382 g/mol. The maximum Gasteiger partial charge on any atom is 0.387 e. The van der Waals surface area contributed by atoms with Gasteiger partial charge in [0.15, 0.2) is 5.65 Å². The topological polar surface area (TPSA) is 76.4 Å². The van der Waals surface area contributed by atoms with E-state index in [9.17, 15) is 13.6 Å². The van der Waals surface area contributed by atoms with Gasteiger partial charge in [-0.2, -0.15) is 13.9 Å². The number of nitrogens with zero attached hydrogens (tertiary/aromatic N) is 6. The minimum absolute atomic E-state index is 0.0481. The first-order valence-electron chi connectivity index (χ1n) is 9.20. The summed E-state index contributed by atoms with van der Waals surface area (Å²) >= 11 is 0. The van der Waals surface area contributed by atoms with Crippen LogP contribution in [0.25, 0.3) is 11.0 Å². The smallest absolute Gasteiger partial charge is 0.387 e. The predicted octanol–water partition coefficient (Wildman–Crippen LogP) is 1.86. The van der Waals surface area contributed by atoms with Crippen LogP contribution in [0.1, 0.15) is 5.56 Å². The average molecular weight is 402 g/mol. The first-order chi connectivity index (χ1) is 14.0. The maximum atomic E-state index is 12.6. The second-order valence-electron chi connectivity index (χ2n) is 6.77. The van der Waals surface area contributed by atoms with Gasteiger partial charge in [-0.1, -0.05) is 12.1 Å². The zero-order chi connectivity index (χ0) is 20.4. The number of piperazine rings is 1. The molecule has 1 fully saturated rings. The van der Waals surface area contributed by atoms with E-state index in [2.05, 4.69) is 24.7 Å². The maximum absolute atomic E-state index is 12.6. The highest BCUT2D eigenvalue weighted by atomic mass is 19.3. The van der Waals surface area contributed by atoms with E-state index in [4.69, 9.17) is 0 Å². The Hall–Kier alpha value is -3.30. The standard InChI is InChI=1S/C19H20F2N6O2/c1-25-17-15(11-24-25)18(23-12-22-17)27-7-5-26(6-8-27)16(28)10-13-3-2-4-14(9-13)29-19(20)21/h2-4,9,11-12,19H,5-8,10H2,1H3. The highest BCUT2D eigenvalue weighted by Gasteiger charge is 2.24. The van der Waals surface area contributed by atoms with Crippen molar-refractivity contribution in [1.82, 2.24) is 24.6 Å². The molecule has 0 atom stereocenters. The van der Waals surface area contributed by atoms with Crippen LogP contribution in [0.4, 0.5) is 14.6 Å². The third-order valence-corrected chi connectivity index (χ3v) is 4.92. The lowest BCUT2D eigenvalue weighted by Gasteiger charge is -2.35. The quantitative estimate of drug-likeness (QED) is 0.649. The third-order valence-electron chi connectivity index (χ3n) is 4.92. The highest BCUT2D eigenvalue weighted by molar-refractivity contribution is 5.87. The summed E-state index contributed by atoms with van der Waals surface area (Å²) in [7, 11) is 1.83. The fourth-order valence-electron chi connectivity index (χ4n) is 3.49. The van der Waals surface area contributed by atoms with Gasteiger partial charge in [-0.3, -0.25) is 9.48 Å². The van der Waals surface area contributed by atoms with Gasteiger partial charge in [-0.25, -0.2) is 9.97 Å². The molecule has 29 heavy (non-hydrogen) atoms. The molecule has 1 aliphatic rings. The minimum atomic E-state index is -2.89. The molecule has 3 heterocycles. The van der Waals surface area contributed by atoms with Gasteiger partial charge in [-0.05, 0) is 17.7 Å². The molecule has 0 radical (unpaired) electrons. The Morgan fingerprint density at radius 3 is 2.76 bits per heavy atom. The first kappa shape index (κ1) is 19.0. The van der Waals surface area contributed by atoms with E-state index in [-0.39, 0.29) is 18.1 Å². The number of alkyl halides is 2. The lowest BCUT2D eigenvalue weighted by atomic mass is 10.1. The molecule has 0 saturated carbocycles. The van der Waals surface area contributed by atoms with Gasteiger partial charge >= 0.3 is 6.61 Å². The lowest BCUT2D eigenvalue weighted by Crippen LogP contribution is -2.49. The van der Waals surface area contributed by atoms with Crippen molar-refractivity contribution in [2.75, 3.05) is 31.1 Å². The summed E-state index contributed by atoms with van der Waals surface area (Å²) < 4.78 is 30.8. The summed E-state index contributed by atoms with van der Waals surface area (Å²) in [4.78, 5) is 25.2. The molecule has 2 aromatic heterocycles. The molecule has 1 aromatic carbocycles. The Morgan fingerprint density at radius 2 is 2.00 bits per heavy atom. The van der Waals surface area contributed by atoms with Crippen molar-refractivity contribution in [2.24, 2.45) is 7.05 Å². The summed E-state index contributed by atoms with van der Waals surface area (Å²) in [6.07, 6.45) is 3.41. The Morgan fingerprint density at radius 1 is 1.21 bits per heavy atom. The summed E-state index contributed by atoms with van der Waals surface area (Å²) in [5.41, 5.74) is 1.41. The fraction of sp³-hybridized carbons (Fsp3) is 0.368. The Bertz CT molecular complexity index is 1020. The fourth-order valence-corrected chi connectivity index (χ4v) is 3.49. The van der Waals surface area contributed by atoms with Gasteiger partial charge in [-0.15, -0.1) is 0 Å². The summed E-state index contributed by atoms with van der Waals surface area (Å²) in [5.74, 6) is 0.819. The Balaban J connectivity index is 1.38. The van der Waals surface area contributed by atoms with E-state index in [1.165, 1.54) is 18.5 Å². The SMILES string of the molecule is Cn1ncc2c(N3CCN(C(=O)Cc4cccc(OC(F)F)c4)CC3)ncnc21. The van der Waals surface area contributed by atoms with Gasteiger partial charge in [0.1, 0.15) is 17.9 Å². The van der Waals surface area contributed by atoms with Gasteiger partial charge in [0.2, 0.25) is 5.91 Å². The number of hydrogen-bond acceptors (Lipinski definition) is 6. The molecule has 4 rings (SSSR count). The summed E-state index contributed by atoms with van der Waals surface area (Å²) in [6.45, 7) is -0.500. The van der Waals surface area contributed by atoms with Crippen LogP contribution in [0.5, 0.6) is 5.75 Å². The molecule has 1 aliphatic heterocycles. The third kappa shape index (κ3) is 4.10. The number of fused-ring (bicyclic) bond motifs is 1. The minimum Gasteiger partial charge on any atom is -0.435 e. The molecule has 0 N–H and O–H groups in total. The number of hydrogen-bond donors (Lipinski definition) is 0. The second kappa shape index (κ2) is 7.98. The number of benzene rings is 1. The number of rotatable bonds is 5. The first-order valence-corrected chi connectivity index (χ1v) is 9.20. The zero-order valence-electron chi connectivity index (χ0n) is 15.8. The summed E-state index contributed by atoms with van der Waals surface area (Å²) in [6, 6.07) is 6.25. The predicted molar refractivity (Wildman–Crippen MR) is 102 cm³/mol. The van der Waals surface area contributed by atoms with Crippen molar-refractivity contribution in [3.8, 4) is 5.75 Å². The molecule has 0 aliphatic carbocycles. The normalized spacial score (nSPS) is 14.6. The monoisotopic (exact) mass is 402 g/mol. The Labute approximate surface area is 165 Å². The molecule has 3 aromatic rings. The average Bonchev–Trinajstić information content (AvgIpc) is 3.09. The van der Waals surface area contributed by atoms with Crippen molar-refractivity contribution < 1.29 is 18.3 Å². The van der Waals surface area contributed by atoms with Crippen LogP contribution in [-0.4, -0.2) is 63.3 Å². The molecule has 0 spiro atoms. The number of halogens is 2. The van der Waals surface area contributed by atoms with Crippen LogP contribution in [0, 0.1) is 0 Å². The van der Waals surface area contributed by atoms with Gasteiger partial charge in [0.25, 0.3) is 0 Å². The van der Waals surface area contributed by atoms with Crippen LogP contribution in [0.3, 0.4) is 0 Å². The number of aromatic nitrogens is 4. The molecule has 152 valence electrons. The van der Waals surface area contributed by atoms with Gasteiger partial charge in [0, 0.05) is 33.2 Å². The molecule has 10 heteroatoms. The zero-order valence-corrected chi connectivity index (χ0v) is 15.8. The number of amides is 1. The van der Waals surface area contributed by atoms with Crippen molar-refractivity contribution in [2.45, 2.75) is 13.0 Å². The van der Waals surface area contributed by atoms with E-state index in [0.717, 1.165) is 16.9 Å². The van der Waals surface area contributed by atoms with E-state index in [1.54, 1.807) is 27.9 Å². The van der Waals surface area contributed by atoms with Gasteiger partial charge in [0.05, 0.1) is 18.0 Å². The van der Waals surface area contributed by atoms with Crippen LogP contribution in [0.15, 0.2) is 36.8 Å². The van der Waals surface area contributed by atoms with Crippen molar-refractivity contribution in [3.05, 3.63) is 42.4 Å². The number of anilines is 1. The van der Waals surface area contributed by atoms with Gasteiger partial charge < -0.3 is 14.5 Å². The van der Waals surface area contributed by atoms with Crippen LogP contribution >= 0.6 is 0 Å². The van der Waals surface area contributed by atoms with E-state index < -0.39 is 6.61 Å². The number of carbonyl (C=O) groups is 1. The number of aryl methyl sites for hydroxylation is 1. The molecule has 0 bridgehead atoms. The van der Waals surface area contributed by atoms with Crippen LogP contribution in [-0.2, 0) is 18.3 Å². The van der Waals surface area contributed by atoms with Crippen molar-refractivity contribution >= 4 is 22.8 Å². The second-order valence-corrected chi connectivity index (χ2v) is 6.77. The largest absolute Gasteiger partial charge is 0.435 e. The molecular formula is C19H20F2N6O2. The molecule has 0 unspecified atom stereocenters. The van der Waals surface area contributed by atoms with Crippen molar-refractivity contribution in [1.29, 1.82) is 0 Å². The summed E-state index contributed by atoms with van der Waals surface area (Å²) in [5, 5.41) is 5.11. The highest BCUT2D eigenvalue weighted by Crippen LogP contribution is 2.23. The van der Waals surface area contributed by atoms with Crippen LogP contribution in [0.2, 0.25) is 0 Å². The van der Waals surface area contributed by atoms with E-state index in [0.29, 0.717) is 31.7 Å². The number of ether oxygens (including phenoxy) is 1. The van der Waals surface area contributed by atoms with Crippen molar-refractivity contribution in [3.63, 3.8) is 0 Å². The van der Waals surface area contributed by atoms with Crippen LogP contribution < -0.4 is 9.64 Å². The molecule has 1 amide bonds. The lowest BCUT2D eigenvalue weighted by molar-refractivity contribution is -0.130. The number of carbonyl (C=O) groups excluding carboxylic acids is 1. The molecule has 1 saturated heterocycles. The van der Waals surface area contributed by atoms with E-state index >= 15 is 0 Å². The van der Waals surface area contributed by atoms with E-state index in [1.807, 2.05) is 7.05 Å².